The van der Waals surface area contributed by atoms with Gasteiger partial charge in [-0.05, 0) is 78.2 Å². The van der Waals surface area contributed by atoms with E-state index in [1.54, 1.807) is 54.6 Å². The SMILES string of the molecule is Cc1ccc(COc2ccc(NC(=O)/C(C#N)=C/c3ccc(OCc4ccc(Cl)cc4)c(Cl)c3)cc2)cc1. The van der Waals surface area contributed by atoms with Crippen molar-refractivity contribution in [1.82, 2.24) is 0 Å². The van der Waals surface area contributed by atoms with E-state index < -0.39 is 5.91 Å². The Bertz CT molecular complexity index is 1470. The van der Waals surface area contributed by atoms with E-state index in [-0.39, 0.29) is 5.57 Å². The van der Waals surface area contributed by atoms with E-state index in [2.05, 4.69) is 5.32 Å². The van der Waals surface area contributed by atoms with Crippen LogP contribution in [0.25, 0.3) is 6.08 Å². The van der Waals surface area contributed by atoms with Gasteiger partial charge in [-0.2, -0.15) is 5.26 Å². The predicted octanol–water partition coefficient (Wildman–Crippen LogP) is 8.01. The van der Waals surface area contributed by atoms with Crippen molar-refractivity contribution in [2.24, 2.45) is 0 Å². The molecule has 7 heteroatoms. The Kier molecular flexibility index (Phi) is 9.05. The maximum Gasteiger partial charge on any atom is 0.266 e. The van der Waals surface area contributed by atoms with Crippen molar-refractivity contribution in [3.8, 4) is 17.6 Å². The number of carbonyl (C=O) groups is 1. The first-order valence-electron chi connectivity index (χ1n) is 11.8. The van der Waals surface area contributed by atoms with Gasteiger partial charge < -0.3 is 14.8 Å². The summed E-state index contributed by atoms with van der Waals surface area (Å²) in [5, 5.41) is 13.3. The third-order valence-corrected chi connectivity index (χ3v) is 6.13. The zero-order valence-corrected chi connectivity index (χ0v) is 22.1. The maximum absolute atomic E-state index is 12.7. The van der Waals surface area contributed by atoms with Crippen LogP contribution < -0.4 is 14.8 Å². The molecule has 0 unspecified atom stereocenters. The lowest BCUT2D eigenvalue weighted by molar-refractivity contribution is -0.112. The molecule has 0 atom stereocenters. The molecule has 38 heavy (non-hydrogen) atoms. The van der Waals surface area contributed by atoms with E-state index in [9.17, 15) is 10.1 Å². The van der Waals surface area contributed by atoms with Gasteiger partial charge in [-0.1, -0.05) is 71.2 Å². The number of carbonyl (C=O) groups excluding carboxylic acids is 1. The number of amides is 1. The highest BCUT2D eigenvalue weighted by atomic mass is 35.5. The number of halogens is 2. The minimum absolute atomic E-state index is 0.0596. The molecule has 0 saturated heterocycles. The lowest BCUT2D eigenvalue weighted by Crippen LogP contribution is -2.13. The molecule has 0 radical (unpaired) electrons. The average molecular weight is 543 g/mol. The van der Waals surface area contributed by atoms with Gasteiger partial charge >= 0.3 is 0 Å². The zero-order chi connectivity index (χ0) is 26.9. The third-order valence-electron chi connectivity index (χ3n) is 5.58. The third kappa shape index (κ3) is 7.63. The van der Waals surface area contributed by atoms with Crippen molar-refractivity contribution in [1.29, 1.82) is 5.26 Å². The molecule has 1 N–H and O–H groups in total. The van der Waals surface area contributed by atoms with Crippen molar-refractivity contribution >= 4 is 40.9 Å². The minimum atomic E-state index is -0.528. The fourth-order valence-corrected chi connectivity index (χ4v) is 3.83. The fraction of sp³-hybridized carbons (Fsp3) is 0.0968. The molecule has 4 rings (SSSR count). The highest BCUT2D eigenvalue weighted by Crippen LogP contribution is 2.28. The Hall–Kier alpha value is -4.24. The highest BCUT2D eigenvalue weighted by molar-refractivity contribution is 6.32. The molecule has 0 aromatic heterocycles. The molecule has 1 amide bonds. The minimum Gasteiger partial charge on any atom is -0.489 e. The Labute approximate surface area is 231 Å². The molecule has 0 aliphatic rings. The lowest BCUT2D eigenvalue weighted by Gasteiger charge is -2.10. The van der Waals surface area contributed by atoms with E-state index in [0.717, 1.165) is 11.1 Å². The molecule has 0 fully saturated rings. The molecule has 0 aliphatic carbocycles. The largest absolute Gasteiger partial charge is 0.489 e. The van der Waals surface area contributed by atoms with Gasteiger partial charge in [0.25, 0.3) is 5.91 Å². The van der Waals surface area contributed by atoms with Crippen LogP contribution in [0.15, 0.2) is 96.6 Å². The number of rotatable bonds is 9. The van der Waals surface area contributed by atoms with E-state index >= 15 is 0 Å². The van der Waals surface area contributed by atoms with Gasteiger partial charge in [0.1, 0.15) is 36.4 Å². The van der Waals surface area contributed by atoms with Gasteiger partial charge in [0.2, 0.25) is 0 Å². The van der Waals surface area contributed by atoms with Gasteiger partial charge in [0.05, 0.1) is 5.02 Å². The Morgan fingerprint density at radius 2 is 1.50 bits per heavy atom. The van der Waals surface area contributed by atoms with Gasteiger partial charge in [-0.15, -0.1) is 0 Å². The topological polar surface area (TPSA) is 71.3 Å². The van der Waals surface area contributed by atoms with Crippen molar-refractivity contribution in [3.63, 3.8) is 0 Å². The summed E-state index contributed by atoms with van der Waals surface area (Å²) in [5.74, 6) is 0.638. The van der Waals surface area contributed by atoms with Crippen molar-refractivity contribution in [3.05, 3.63) is 129 Å². The number of ether oxygens (including phenoxy) is 2. The van der Waals surface area contributed by atoms with Gasteiger partial charge in [-0.25, -0.2) is 0 Å². The van der Waals surface area contributed by atoms with Crippen LogP contribution in [0.3, 0.4) is 0 Å². The molecule has 4 aromatic rings. The average Bonchev–Trinajstić information content (AvgIpc) is 2.92. The standard InChI is InChI=1S/C31H24Cl2N2O3/c1-21-2-4-22(5-3-21)19-37-28-13-11-27(12-14-28)35-31(36)25(18-34)16-24-8-15-30(29(33)17-24)38-20-23-6-9-26(32)10-7-23/h2-17H,19-20H2,1H3,(H,35,36)/b25-16+. The second-order valence-electron chi connectivity index (χ2n) is 8.53. The molecule has 0 bridgehead atoms. The van der Waals surface area contributed by atoms with Crippen LogP contribution in [0.4, 0.5) is 5.69 Å². The van der Waals surface area contributed by atoms with Crippen LogP contribution in [0, 0.1) is 18.3 Å². The number of nitrogens with one attached hydrogen (secondary N) is 1. The van der Waals surface area contributed by atoms with Crippen LogP contribution in [0.2, 0.25) is 10.0 Å². The highest BCUT2D eigenvalue weighted by Gasteiger charge is 2.11. The molecule has 0 spiro atoms. The molecule has 190 valence electrons. The number of nitriles is 1. The van der Waals surface area contributed by atoms with E-state index in [1.165, 1.54) is 11.6 Å². The number of hydrogen-bond acceptors (Lipinski definition) is 4. The normalized spacial score (nSPS) is 10.9. The number of aryl methyl sites for hydroxylation is 1. The van der Waals surface area contributed by atoms with Crippen LogP contribution in [0.5, 0.6) is 11.5 Å². The molecule has 4 aromatic carbocycles. The summed E-state index contributed by atoms with van der Waals surface area (Å²) in [7, 11) is 0. The number of hydrogen-bond donors (Lipinski definition) is 1. The Morgan fingerprint density at radius 1 is 0.868 bits per heavy atom. The zero-order valence-electron chi connectivity index (χ0n) is 20.6. The molecule has 0 saturated carbocycles. The van der Waals surface area contributed by atoms with E-state index in [4.69, 9.17) is 32.7 Å². The number of anilines is 1. The summed E-state index contributed by atoms with van der Waals surface area (Å²) in [4.78, 5) is 12.7. The summed E-state index contributed by atoms with van der Waals surface area (Å²) >= 11 is 12.3. The van der Waals surface area contributed by atoms with Crippen molar-refractivity contribution in [2.45, 2.75) is 20.1 Å². The summed E-state index contributed by atoms with van der Waals surface area (Å²) in [5.41, 5.74) is 4.29. The van der Waals surface area contributed by atoms with Crippen LogP contribution in [-0.4, -0.2) is 5.91 Å². The second-order valence-corrected chi connectivity index (χ2v) is 9.37. The summed E-state index contributed by atoms with van der Waals surface area (Å²) in [6.07, 6.45) is 1.48. The van der Waals surface area contributed by atoms with Crippen molar-refractivity contribution in [2.75, 3.05) is 5.32 Å². The quantitative estimate of drug-likeness (QED) is 0.172. The van der Waals surface area contributed by atoms with Gasteiger partial charge in [-0.3, -0.25) is 4.79 Å². The fourth-order valence-electron chi connectivity index (χ4n) is 3.46. The molecule has 5 nitrogen and oxygen atoms in total. The summed E-state index contributed by atoms with van der Waals surface area (Å²) in [6.45, 7) is 2.81. The molecule has 0 aliphatic heterocycles. The summed E-state index contributed by atoms with van der Waals surface area (Å²) in [6, 6.07) is 29.4. The Balaban J connectivity index is 1.34. The second kappa shape index (κ2) is 12.8. The van der Waals surface area contributed by atoms with E-state index in [1.807, 2.05) is 49.4 Å². The monoisotopic (exact) mass is 542 g/mol. The summed E-state index contributed by atoms with van der Waals surface area (Å²) < 4.78 is 11.6. The van der Waals surface area contributed by atoms with E-state index in [0.29, 0.717) is 46.0 Å². The smallest absolute Gasteiger partial charge is 0.266 e. The first-order chi connectivity index (χ1) is 18.4. The molecular weight excluding hydrogens is 519 g/mol. The molecular formula is C31H24Cl2N2O3. The van der Waals surface area contributed by atoms with Gasteiger partial charge in [0, 0.05) is 10.7 Å². The lowest BCUT2D eigenvalue weighted by atomic mass is 10.1. The predicted molar refractivity (Wildman–Crippen MR) is 151 cm³/mol. The number of nitrogens with zero attached hydrogens (tertiary/aromatic N) is 1. The van der Waals surface area contributed by atoms with Gasteiger partial charge in [0.15, 0.2) is 0 Å². The first kappa shape index (κ1) is 26.8. The van der Waals surface area contributed by atoms with Crippen LogP contribution >= 0.6 is 23.2 Å². The van der Waals surface area contributed by atoms with Crippen LogP contribution in [0.1, 0.15) is 22.3 Å². The first-order valence-corrected chi connectivity index (χ1v) is 12.5. The maximum atomic E-state index is 12.7. The molecule has 0 heterocycles. The number of benzene rings is 4. The Morgan fingerprint density at radius 3 is 2.13 bits per heavy atom. The van der Waals surface area contributed by atoms with Crippen molar-refractivity contribution < 1.29 is 14.3 Å². The van der Waals surface area contributed by atoms with Crippen LogP contribution in [-0.2, 0) is 18.0 Å².